The van der Waals surface area contributed by atoms with Crippen molar-refractivity contribution in [3.05, 3.63) is 29.3 Å². The van der Waals surface area contributed by atoms with Gasteiger partial charge in [-0.2, -0.15) is 0 Å². The predicted molar refractivity (Wildman–Crippen MR) is 92.7 cm³/mol. The Labute approximate surface area is 151 Å². The third kappa shape index (κ3) is 4.19. The largest absolute Gasteiger partial charge is 0.465 e. The summed E-state index contributed by atoms with van der Waals surface area (Å²) in [4.78, 5) is 49.7. The molecule has 1 aliphatic heterocycles. The number of carbonyl (C=O) groups is 4. The van der Waals surface area contributed by atoms with Crippen LogP contribution < -0.4 is 5.32 Å². The van der Waals surface area contributed by atoms with Gasteiger partial charge in [0.15, 0.2) is 0 Å². The zero-order valence-corrected chi connectivity index (χ0v) is 15.2. The molecule has 1 N–H and O–H groups in total. The molecular weight excluding hydrogens is 340 g/mol. The molecule has 0 unspecified atom stereocenters. The van der Waals surface area contributed by atoms with E-state index in [0.29, 0.717) is 6.54 Å². The molecule has 8 nitrogen and oxygen atoms in total. The van der Waals surface area contributed by atoms with Crippen molar-refractivity contribution in [2.75, 3.05) is 26.1 Å². The Hall–Kier alpha value is -2.90. The highest BCUT2D eigenvalue weighted by molar-refractivity contribution is 6.01. The van der Waals surface area contributed by atoms with Crippen LogP contribution in [0.3, 0.4) is 0 Å². The molecule has 8 heteroatoms. The Morgan fingerprint density at radius 2 is 1.62 bits per heavy atom. The van der Waals surface area contributed by atoms with Crippen LogP contribution in [0.1, 0.15) is 41.0 Å². The van der Waals surface area contributed by atoms with Gasteiger partial charge in [0.05, 0.1) is 31.3 Å². The number of amides is 2. The molecule has 0 radical (unpaired) electrons. The van der Waals surface area contributed by atoms with Gasteiger partial charge in [-0.3, -0.25) is 9.59 Å². The highest BCUT2D eigenvalue weighted by Crippen LogP contribution is 2.23. The Morgan fingerprint density at radius 1 is 1.08 bits per heavy atom. The summed E-state index contributed by atoms with van der Waals surface area (Å²) in [6.45, 7) is 4.12. The zero-order chi connectivity index (χ0) is 19.4. The first-order valence-corrected chi connectivity index (χ1v) is 8.18. The smallest absolute Gasteiger partial charge is 0.337 e. The van der Waals surface area contributed by atoms with Gasteiger partial charge in [0.1, 0.15) is 0 Å². The lowest BCUT2D eigenvalue weighted by atomic mass is 10.1. The molecule has 1 aliphatic rings. The number of carbonyl (C=O) groups excluding carboxylic acids is 4. The molecule has 2 amide bonds. The monoisotopic (exact) mass is 362 g/mol. The fraction of sp³-hybridized carbons (Fsp3) is 0.444. The van der Waals surface area contributed by atoms with Crippen LogP contribution in [0.5, 0.6) is 0 Å². The summed E-state index contributed by atoms with van der Waals surface area (Å²) in [6, 6.07) is 4.17. The van der Waals surface area contributed by atoms with Crippen molar-refractivity contribution < 1.29 is 28.7 Å². The second-order valence-electron chi connectivity index (χ2n) is 6.31. The average molecular weight is 362 g/mol. The van der Waals surface area contributed by atoms with Gasteiger partial charge in [0, 0.05) is 24.7 Å². The number of methoxy groups -OCH3 is 2. The summed E-state index contributed by atoms with van der Waals surface area (Å²) in [5, 5.41) is 2.67. The molecule has 26 heavy (non-hydrogen) atoms. The molecule has 1 atom stereocenters. The van der Waals surface area contributed by atoms with Gasteiger partial charge in [-0.25, -0.2) is 9.59 Å². The summed E-state index contributed by atoms with van der Waals surface area (Å²) in [5.74, 6) is -2.20. The van der Waals surface area contributed by atoms with Crippen molar-refractivity contribution in [2.24, 2.45) is 5.92 Å². The number of ether oxygens (including phenoxy) is 2. The number of hydrogen-bond donors (Lipinski definition) is 1. The summed E-state index contributed by atoms with van der Waals surface area (Å²) in [6.07, 6.45) is 0.130. The lowest BCUT2D eigenvalue weighted by Gasteiger charge is -2.20. The lowest BCUT2D eigenvalue weighted by Crippen LogP contribution is -2.33. The molecule has 0 aromatic heterocycles. The van der Waals surface area contributed by atoms with E-state index in [0.717, 1.165) is 0 Å². The van der Waals surface area contributed by atoms with Gasteiger partial charge in [-0.05, 0) is 32.0 Å². The molecule has 1 heterocycles. The molecule has 0 bridgehead atoms. The van der Waals surface area contributed by atoms with Crippen molar-refractivity contribution in [2.45, 2.75) is 26.3 Å². The van der Waals surface area contributed by atoms with Crippen molar-refractivity contribution in [1.82, 2.24) is 4.90 Å². The summed E-state index contributed by atoms with van der Waals surface area (Å²) in [5.41, 5.74) is 0.475. The van der Waals surface area contributed by atoms with Crippen LogP contribution in [0.4, 0.5) is 5.69 Å². The number of likely N-dealkylation sites (tertiary alicyclic amines) is 1. The second-order valence-corrected chi connectivity index (χ2v) is 6.31. The molecule has 0 saturated carbocycles. The van der Waals surface area contributed by atoms with E-state index in [9.17, 15) is 19.2 Å². The number of anilines is 1. The topological polar surface area (TPSA) is 102 Å². The van der Waals surface area contributed by atoms with Crippen LogP contribution in [0.25, 0.3) is 0 Å². The quantitative estimate of drug-likeness (QED) is 0.796. The van der Waals surface area contributed by atoms with Gasteiger partial charge in [0.25, 0.3) is 0 Å². The highest BCUT2D eigenvalue weighted by Gasteiger charge is 2.35. The van der Waals surface area contributed by atoms with Gasteiger partial charge in [-0.1, -0.05) is 0 Å². The zero-order valence-electron chi connectivity index (χ0n) is 15.2. The standard InChI is InChI=1S/C18H22N2O6/c1-10(2)20-9-13(8-15(20)21)16(22)19-14-6-11(17(23)25-3)5-12(7-14)18(24)26-4/h5-7,10,13H,8-9H2,1-4H3,(H,19,22)/t13-/m1/s1. The molecule has 140 valence electrons. The summed E-state index contributed by atoms with van der Waals surface area (Å²) < 4.78 is 9.33. The SMILES string of the molecule is COC(=O)c1cc(NC(=O)[C@@H]2CC(=O)N(C(C)C)C2)cc(C(=O)OC)c1. The van der Waals surface area contributed by atoms with Crippen LogP contribution in [0, 0.1) is 5.92 Å². The Morgan fingerprint density at radius 3 is 2.04 bits per heavy atom. The summed E-state index contributed by atoms with van der Waals surface area (Å²) >= 11 is 0. The molecule has 2 rings (SSSR count). The van der Waals surface area contributed by atoms with Gasteiger partial charge < -0.3 is 19.7 Å². The molecule has 1 aromatic carbocycles. The molecule has 0 spiro atoms. The first-order valence-electron chi connectivity index (χ1n) is 8.18. The minimum absolute atomic E-state index is 0.0221. The molecule has 1 aromatic rings. The highest BCUT2D eigenvalue weighted by atomic mass is 16.5. The van der Waals surface area contributed by atoms with Crippen molar-refractivity contribution in [1.29, 1.82) is 0 Å². The third-order valence-corrected chi connectivity index (χ3v) is 4.20. The molecular formula is C18H22N2O6. The van der Waals surface area contributed by atoms with E-state index < -0.39 is 17.9 Å². The van der Waals surface area contributed by atoms with E-state index in [4.69, 9.17) is 0 Å². The molecule has 1 saturated heterocycles. The number of rotatable bonds is 5. The van der Waals surface area contributed by atoms with Crippen LogP contribution in [-0.4, -0.2) is 55.5 Å². The average Bonchev–Trinajstić information content (AvgIpc) is 3.02. The van der Waals surface area contributed by atoms with Crippen molar-refractivity contribution >= 4 is 29.4 Å². The first kappa shape index (κ1) is 19.4. The predicted octanol–water partition coefficient (Wildman–Crippen LogP) is 1.46. The van der Waals surface area contributed by atoms with Gasteiger partial charge in [-0.15, -0.1) is 0 Å². The third-order valence-electron chi connectivity index (χ3n) is 4.20. The van der Waals surface area contributed by atoms with Crippen LogP contribution in [0.15, 0.2) is 18.2 Å². The molecule has 1 fully saturated rings. The normalized spacial score (nSPS) is 16.6. The van der Waals surface area contributed by atoms with E-state index in [2.05, 4.69) is 14.8 Å². The number of hydrogen-bond acceptors (Lipinski definition) is 6. The maximum atomic E-state index is 12.5. The van der Waals surface area contributed by atoms with Crippen molar-refractivity contribution in [3.63, 3.8) is 0 Å². The number of nitrogens with one attached hydrogen (secondary N) is 1. The molecule has 0 aliphatic carbocycles. The minimum atomic E-state index is -0.645. The lowest BCUT2D eigenvalue weighted by molar-refractivity contribution is -0.129. The van der Waals surface area contributed by atoms with Crippen LogP contribution >= 0.6 is 0 Å². The van der Waals surface area contributed by atoms with Gasteiger partial charge in [0.2, 0.25) is 11.8 Å². The minimum Gasteiger partial charge on any atom is -0.465 e. The van der Waals surface area contributed by atoms with E-state index in [1.54, 1.807) is 4.90 Å². The van der Waals surface area contributed by atoms with Gasteiger partial charge >= 0.3 is 11.9 Å². The number of nitrogens with zero attached hydrogens (tertiary/aromatic N) is 1. The fourth-order valence-electron chi connectivity index (χ4n) is 2.82. The number of esters is 2. The Balaban J connectivity index is 2.22. The van der Waals surface area contributed by atoms with E-state index in [1.165, 1.54) is 32.4 Å². The van der Waals surface area contributed by atoms with E-state index in [-0.39, 0.29) is 41.1 Å². The van der Waals surface area contributed by atoms with Crippen LogP contribution in [-0.2, 0) is 19.1 Å². The maximum absolute atomic E-state index is 12.5. The van der Waals surface area contributed by atoms with Crippen molar-refractivity contribution in [3.8, 4) is 0 Å². The van der Waals surface area contributed by atoms with E-state index in [1.807, 2.05) is 13.8 Å². The first-order chi connectivity index (χ1) is 12.3. The van der Waals surface area contributed by atoms with E-state index >= 15 is 0 Å². The number of benzene rings is 1. The maximum Gasteiger partial charge on any atom is 0.337 e. The Kier molecular flexibility index (Phi) is 5.97. The fourth-order valence-corrected chi connectivity index (χ4v) is 2.82. The second kappa shape index (κ2) is 7.99. The summed E-state index contributed by atoms with van der Waals surface area (Å²) in [7, 11) is 2.44. The Bertz CT molecular complexity index is 709. The van der Waals surface area contributed by atoms with Crippen LogP contribution in [0.2, 0.25) is 0 Å².